The van der Waals surface area contributed by atoms with Gasteiger partial charge in [0.1, 0.15) is 11.9 Å². The molecular weight excluding hydrogens is 262 g/mol. The average molecular weight is 277 g/mol. The van der Waals surface area contributed by atoms with E-state index in [1.807, 2.05) is 32.4 Å². The second-order valence-corrected chi connectivity index (χ2v) is 4.80. The van der Waals surface area contributed by atoms with Crippen LogP contribution in [-0.2, 0) is 0 Å². The number of H-pyrrole nitrogens is 1. The number of aromatic nitrogens is 4. The highest BCUT2D eigenvalue weighted by molar-refractivity contribution is 5.56. The molecule has 0 aliphatic rings. The van der Waals surface area contributed by atoms with Gasteiger partial charge in [-0.3, -0.25) is 24.6 Å². The Morgan fingerprint density at radius 2 is 2.05 bits per heavy atom. The quantitative estimate of drug-likeness (QED) is 0.679. The average Bonchev–Trinajstić information content (AvgIpc) is 2.66. The Morgan fingerprint density at radius 1 is 1.40 bits per heavy atom. The van der Waals surface area contributed by atoms with Gasteiger partial charge in [0.05, 0.1) is 4.92 Å². The predicted octanol–water partition coefficient (Wildman–Crippen LogP) is 1.74. The highest BCUT2D eigenvalue weighted by Gasteiger charge is 2.19. The molecule has 20 heavy (non-hydrogen) atoms. The third kappa shape index (κ3) is 2.20. The third-order valence-corrected chi connectivity index (χ3v) is 3.14. The number of aromatic amines is 1. The Balaban J connectivity index is 2.58. The molecule has 0 atom stereocenters. The molecule has 0 radical (unpaired) electrons. The molecule has 0 saturated heterocycles. The van der Waals surface area contributed by atoms with Crippen LogP contribution in [0.1, 0.15) is 31.1 Å². The van der Waals surface area contributed by atoms with Gasteiger partial charge < -0.3 is 0 Å². The molecule has 106 valence electrons. The van der Waals surface area contributed by atoms with Gasteiger partial charge in [-0.05, 0) is 27.7 Å². The van der Waals surface area contributed by atoms with E-state index in [-0.39, 0.29) is 11.9 Å². The van der Waals surface area contributed by atoms with Crippen molar-refractivity contribution in [2.75, 3.05) is 0 Å². The first-order valence-electron chi connectivity index (χ1n) is 6.12. The lowest BCUT2D eigenvalue weighted by Crippen LogP contribution is -2.13. The number of nitrogens with zero attached hydrogens (tertiary/aromatic N) is 4. The van der Waals surface area contributed by atoms with Gasteiger partial charge in [0.2, 0.25) is 0 Å². The van der Waals surface area contributed by atoms with Crippen LogP contribution in [0.15, 0.2) is 11.0 Å². The summed E-state index contributed by atoms with van der Waals surface area (Å²) in [5.41, 5.74) is 1.03. The molecular formula is C12H15N5O3. The minimum atomic E-state index is -0.781. The van der Waals surface area contributed by atoms with Crippen molar-refractivity contribution in [3.8, 4) is 11.5 Å². The van der Waals surface area contributed by atoms with Crippen molar-refractivity contribution in [2.24, 2.45) is 0 Å². The molecule has 0 aliphatic carbocycles. The van der Waals surface area contributed by atoms with Gasteiger partial charge in [0, 0.05) is 17.3 Å². The summed E-state index contributed by atoms with van der Waals surface area (Å²) in [5.74, 6) is 0.237. The van der Waals surface area contributed by atoms with Crippen molar-refractivity contribution < 1.29 is 4.92 Å². The van der Waals surface area contributed by atoms with Gasteiger partial charge in [0.25, 0.3) is 0 Å². The third-order valence-electron chi connectivity index (χ3n) is 3.14. The van der Waals surface area contributed by atoms with Crippen LogP contribution in [0, 0.1) is 24.0 Å². The normalized spacial score (nSPS) is 11.1. The van der Waals surface area contributed by atoms with Crippen molar-refractivity contribution in [2.45, 2.75) is 33.7 Å². The molecule has 2 heterocycles. The molecule has 2 aromatic heterocycles. The fourth-order valence-corrected chi connectivity index (χ4v) is 1.97. The van der Waals surface area contributed by atoms with E-state index >= 15 is 0 Å². The topological polar surface area (TPSA) is 107 Å². The van der Waals surface area contributed by atoms with E-state index in [0.29, 0.717) is 5.69 Å². The number of nitrogens with one attached hydrogen (secondary N) is 1. The smallest absolute Gasteiger partial charge is 0.299 e. The summed E-state index contributed by atoms with van der Waals surface area (Å²) < 4.78 is 1.83. The van der Waals surface area contributed by atoms with E-state index < -0.39 is 16.2 Å². The number of rotatable bonds is 3. The zero-order valence-electron chi connectivity index (χ0n) is 11.7. The largest absolute Gasteiger partial charge is 0.351 e. The predicted molar refractivity (Wildman–Crippen MR) is 72.6 cm³/mol. The molecule has 0 bridgehead atoms. The van der Waals surface area contributed by atoms with Crippen molar-refractivity contribution in [3.63, 3.8) is 0 Å². The fraction of sp³-hybridized carbons (Fsp3) is 0.417. The lowest BCUT2D eigenvalue weighted by atomic mass is 10.2. The first kappa shape index (κ1) is 13.9. The number of nitro groups is 1. The molecule has 0 saturated carbocycles. The minimum Gasteiger partial charge on any atom is -0.299 e. The molecule has 0 aliphatic heterocycles. The molecule has 8 nitrogen and oxygen atoms in total. The summed E-state index contributed by atoms with van der Waals surface area (Å²) in [5, 5.41) is 15.0. The maximum absolute atomic E-state index is 11.6. The van der Waals surface area contributed by atoms with Gasteiger partial charge in [-0.15, -0.1) is 0 Å². The van der Waals surface area contributed by atoms with Crippen LogP contribution < -0.4 is 5.56 Å². The first-order chi connectivity index (χ1) is 9.32. The number of hydrogen-bond acceptors (Lipinski definition) is 5. The standard InChI is InChI=1S/C12H15N5O3/c1-6(2)16-8(4)7(3)10(15-16)11-13-5-9(17(19)20)12(18)14-11/h5-6H,1-4H3,(H,13,14,18). The Bertz CT molecular complexity index is 729. The van der Waals surface area contributed by atoms with Crippen LogP contribution in [0.4, 0.5) is 5.69 Å². The lowest BCUT2D eigenvalue weighted by molar-refractivity contribution is -0.386. The van der Waals surface area contributed by atoms with Gasteiger partial charge in [-0.25, -0.2) is 4.98 Å². The second-order valence-electron chi connectivity index (χ2n) is 4.80. The molecule has 0 amide bonds. The highest BCUT2D eigenvalue weighted by Crippen LogP contribution is 2.23. The molecule has 2 rings (SSSR count). The van der Waals surface area contributed by atoms with Crippen LogP contribution in [-0.4, -0.2) is 24.7 Å². The number of hydrogen-bond donors (Lipinski definition) is 1. The Hall–Kier alpha value is -2.51. The molecule has 8 heteroatoms. The summed E-state index contributed by atoms with van der Waals surface area (Å²) in [6, 6.07) is 0.173. The summed E-state index contributed by atoms with van der Waals surface area (Å²) in [6.07, 6.45) is 0.956. The highest BCUT2D eigenvalue weighted by atomic mass is 16.6. The van der Waals surface area contributed by atoms with Gasteiger partial charge in [0.15, 0.2) is 5.82 Å². The maximum Gasteiger partial charge on any atom is 0.351 e. The minimum absolute atomic E-state index is 0.173. The summed E-state index contributed by atoms with van der Waals surface area (Å²) >= 11 is 0. The summed E-state index contributed by atoms with van der Waals surface area (Å²) in [7, 11) is 0. The summed E-state index contributed by atoms with van der Waals surface area (Å²) in [4.78, 5) is 27.8. The van der Waals surface area contributed by atoms with Gasteiger partial charge in [-0.1, -0.05) is 0 Å². The lowest BCUT2D eigenvalue weighted by Gasteiger charge is -2.07. The van der Waals surface area contributed by atoms with Crippen LogP contribution >= 0.6 is 0 Å². The zero-order chi connectivity index (χ0) is 15.0. The van der Waals surface area contributed by atoms with Crippen molar-refractivity contribution in [1.82, 2.24) is 19.7 Å². The SMILES string of the molecule is Cc1c(-c2ncc([N+](=O)[O-])c(=O)[nH]2)nn(C(C)C)c1C. The van der Waals surface area contributed by atoms with E-state index in [9.17, 15) is 14.9 Å². The van der Waals surface area contributed by atoms with E-state index in [1.54, 1.807) is 0 Å². The Morgan fingerprint density at radius 3 is 2.50 bits per heavy atom. The fourth-order valence-electron chi connectivity index (χ4n) is 1.97. The molecule has 1 N–H and O–H groups in total. The van der Waals surface area contributed by atoms with Crippen molar-refractivity contribution in [1.29, 1.82) is 0 Å². The van der Waals surface area contributed by atoms with Crippen LogP contribution in [0.2, 0.25) is 0 Å². The Kier molecular flexibility index (Phi) is 3.39. The van der Waals surface area contributed by atoms with Crippen molar-refractivity contribution in [3.05, 3.63) is 37.9 Å². The molecule has 0 fully saturated rings. The van der Waals surface area contributed by atoms with E-state index in [4.69, 9.17) is 0 Å². The van der Waals surface area contributed by atoms with E-state index in [2.05, 4.69) is 15.1 Å². The molecule has 0 unspecified atom stereocenters. The second kappa shape index (κ2) is 4.87. The van der Waals surface area contributed by atoms with Gasteiger partial charge in [-0.2, -0.15) is 5.10 Å². The van der Waals surface area contributed by atoms with Gasteiger partial charge >= 0.3 is 11.2 Å². The monoisotopic (exact) mass is 277 g/mol. The van der Waals surface area contributed by atoms with Crippen LogP contribution in [0.3, 0.4) is 0 Å². The van der Waals surface area contributed by atoms with E-state index in [0.717, 1.165) is 17.5 Å². The van der Waals surface area contributed by atoms with E-state index in [1.165, 1.54) is 0 Å². The first-order valence-corrected chi connectivity index (χ1v) is 6.12. The van der Waals surface area contributed by atoms with Crippen LogP contribution in [0.5, 0.6) is 0 Å². The molecule has 2 aromatic rings. The summed E-state index contributed by atoms with van der Waals surface area (Å²) in [6.45, 7) is 7.79. The van der Waals surface area contributed by atoms with Crippen LogP contribution in [0.25, 0.3) is 11.5 Å². The maximum atomic E-state index is 11.6. The Labute approximate surface area is 114 Å². The molecule has 0 aromatic carbocycles. The van der Waals surface area contributed by atoms with Crippen molar-refractivity contribution >= 4 is 5.69 Å². The zero-order valence-corrected chi connectivity index (χ0v) is 11.7. The molecule has 0 spiro atoms.